The Morgan fingerprint density at radius 2 is 1.14 bits per heavy atom. The third kappa shape index (κ3) is 9.46. The van der Waals surface area contributed by atoms with Crippen LogP contribution < -0.4 is 14.5 Å². The predicted molar refractivity (Wildman–Crippen MR) is 291 cm³/mol. The first-order chi connectivity index (χ1) is 32.3. The molecule has 0 fully saturated rings. The topological polar surface area (TPSA) is 33.5 Å². The second-order valence-corrected chi connectivity index (χ2v) is 22.0. The van der Waals surface area contributed by atoms with Crippen LogP contribution in [0.4, 0.5) is 22.7 Å². The fraction of sp³-hybridized carbons (Fsp3) is 0.234. The molecule has 7 aromatic carbocycles. The molecule has 0 amide bonds. The summed E-state index contributed by atoms with van der Waals surface area (Å²) in [6, 6.07) is 64.0. The number of fused-ring (bicyclic) bond motifs is 4. The molecule has 1 aliphatic rings. The molecule has 356 valence electrons. The van der Waals surface area contributed by atoms with E-state index in [9.17, 15) is 0 Å². The van der Waals surface area contributed by atoms with Gasteiger partial charge in [-0.25, -0.2) is 4.98 Å². The number of rotatable bonds is 8. The van der Waals surface area contributed by atoms with Crippen LogP contribution in [-0.2, 0) is 42.7 Å². The van der Waals surface area contributed by atoms with Gasteiger partial charge in [-0.3, -0.25) is 0 Å². The summed E-state index contributed by atoms with van der Waals surface area (Å²) in [5.74, 6) is 2.04. The van der Waals surface area contributed by atoms with Crippen molar-refractivity contribution in [1.82, 2.24) is 9.55 Å². The van der Waals surface area contributed by atoms with Gasteiger partial charge in [-0.05, 0) is 103 Å². The smallest absolute Gasteiger partial charge is 0.509 e. The first-order valence-corrected chi connectivity index (χ1v) is 23.9. The van der Waals surface area contributed by atoms with Gasteiger partial charge in [0.05, 0.1) is 0 Å². The molecular formula is C64H64N4OPt. The van der Waals surface area contributed by atoms with Crippen LogP contribution in [0, 0.1) is 26.2 Å². The van der Waals surface area contributed by atoms with Gasteiger partial charge in [-0.1, -0.05) is 167 Å². The number of anilines is 4. The second kappa shape index (κ2) is 18.7. The van der Waals surface area contributed by atoms with Crippen LogP contribution >= 0.6 is 0 Å². The van der Waals surface area contributed by atoms with Crippen molar-refractivity contribution in [1.29, 1.82) is 0 Å². The number of hydrogen-bond donors (Lipinski definition) is 0. The minimum absolute atomic E-state index is 0. The zero-order valence-corrected chi connectivity index (χ0v) is 45.0. The number of hydrogen-bond acceptors (Lipinski definition) is 4. The van der Waals surface area contributed by atoms with Crippen molar-refractivity contribution in [3.05, 3.63) is 218 Å². The van der Waals surface area contributed by atoms with Crippen molar-refractivity contribution in [2.45, 2.75) is 97.8 Å². The average Bonchev–Trinajstić information content (AvgIpc) is 3.86. The van der Waals surface area contributed by atoms with Crippen molar-refractivity contribution in [2.24, 2.45) is 0 Å². The minimum Gasteiger partial charge on any atom is -0.509 e. The Bertz CT molecular complexity index is 3300. The van der Waals surface area contributed by atoms with E-state index in [0.29, 0.717) is 11.5 Å². The summed E-state index contributed by atoms with van der Waals surface area (Å²) in [6.45, 7) is 27.3. The first kappa shape index (κ1) is 50.0. The van der Waals surface area contributed by atoms with Gasteiger partial charge in [0.25, 0.3) is 0 Å². The van der Waals surface area contributed by atoms with Crippen LogP contribution in [0.1, 0.15) is 104 Å². The maximum atomic E-state index is 6.76. The molecule has 9 aromatic rings. The molecule has 0 unspecified atom stereocenters. The molecule has 0 radical (unpaired) electrons. The minimum atomic E-state index is -0.224. The van der Waals surface area contributed by atoms with E-state index in [4.69, 9.17) is 9.72 Å². The molecule has 0 saturated heterocycles. The third-order valence-electron chi connectivity index (χ3n) is 13.7. The molecule has 0 saturated carbocycles. The molecule has 0 aliphatic carbocycles. The standard InChI is InChI=1S/C63H61N4O.CH3.Pt/c1-60(2,3)45-31-32-64-59(38-45)67-55-29-25-43(42-19-14-12-15-20-42)33-54(55)53-28-27-52(40-57(53)67)68-51-24-18-23-49(39-51)65-41-66(50-35-47(61(4,5)6)34-48(36-50)62(7,8)9)58-37-46(26-30-56(58)65)63(10,11)44-21-16-13-17-22-44;;/h12-38,41H,1-11H3;1H3;/q-3;-1;+4. The monoisotopic (exact) mass is 1100 g/mol. The Morgan fingerprint density at radius 3 is 1.81 bits per heavy atom. The van der Waals surface area contributed by atoms with E-state index >= 15 is 0 Å². The van der Waals surface area contributed by atoms with Crippen molar-refractivity contribution < 1.29 is 25.8 Å². The van der Waals surface area contributed by atoms with Crippen LogP contribution in [0.5, 0.6) is 11.5 Å². The number of benzene rings is 7. The van der Waals surface area contributed by atoms with Gasteiger partial charge in [0.1, 0.15) is 5.82 Å². The molecule has 0 bridgehead atoms. The molecule has 5 nitrogen and oxygen atoms in total. The van der Waals surface area contributed by atoms with Crippen LogP contribution in [-0.4, -0.2) is 9.55 Å². The van der Waals surface area contributed by atoms with E-state index in [1.54, 1.807) is 0 Å². The van der Waals surface area contributed by atoms with E-state index in [-0.39, 0.29) is 50.2 Å². The molecule has 1 aliphatic heterocycles. The Balaban J connectivity index is 0.00000329. The zero-order chi connectivity index (χ0) is 47.8. The quantitative estimate of drug-likeness (QED) is 0.142. The van der Waals surface area contributed by atoms with Gasteiger partial charge in [0, 0.05) is 45.7 Å². The summed E-state index contributed by atoms with van der Waals surface area (Å²) >= 11 is 0. The second-order valence-electron chi connectivity index (χ2n) is 22.0. The Kier molecular flexibility index (Phi) is 13.4. The van der Waals surface area contributed by atoms with Crippen molar-refractivity contribution in [3.8, 4) is 28.4 Å². The van der Waals surface area contributed by atoms with Gasteiger partial charge in [0.15, 0.2) is 0 Å². The Labute approximate surface area is 431 Å². The Hall–Kier alpha value is -6.42. The van der Waals surface area contributed by atoms with E-state index < -0.39 is 0 Å². The fourth-order valence-corrected chi connectivity index (χ4v) is 9.38. The maximum Gasteiger partial charge on any atom is 4.00 e. The van der Waals surface area contributed by atoms with E-state index in [1.165, 1.54) is 33.4 Å². The summed E-state index contributed by atoms with van der Waals surface area (Å²) in [4.78, 5) is 9.54. The average molecular weight is 1100 g/mol. The number of ether oxygens (including phenoxy) is 1. The Morgan fingerprint density at radius 1 is 0.486 bits per heavy atom. The molecule has 3 heterocycles. The molecule has 0 N–H and O–H groups in total. The molecule has 10 rings (SSSR count). The summed E-state index contributed by atoms with van der Waals surface area (Å²) < 4.78 is 8.99. The van der Waals surface area contributed by atoms with Crippen LogP contribution in [0.2, 0.25) is 0 Å². The zero-order valence-electron chi connectivity index (χ0n) is 42.7. The molecule has 70 heavy (non-hydrogen) atoms. The largest absolute Gasteiger partial charge is 4.00 e. The van der Waals surface area contributed by atoms with Crippen molar-refractivity contribution in [3.63, 3.8) is 0 Å². The molecule has 0 spiro atoms. The van der Waals surface area contributed by atoms with Crippen LogP contribution in [0.25, 0.3) is 38.8 Å². The first-order valence-electron chi connectivity index (χ1n) is 23.9. The molecule has 0 atom stereocenters. The van der Waals surface area contributed by atoms with Gasteiger partial charge in [-0.2, -0.15) is 12.1 Å². The molecule has 2 aromatic heterocycles. The molecule has 6 heteroatoms. The SMILES string of the molecule is CC(C)(C)c1cc(N2[CH-]N(c3[c-]c(Oc4[c-]c5c(cc4)c4cc(-c6ccccc6)ccc4n5-c4cc(C(C)(C)C)ccn4)ccc3)c3ccc(C(C)(C)c4ccccc4)cc32)cc(C(C)(C)C)c1.[CH3-].[Pt+4]. The summed E-state index contributed by atoms with van der Waals surface area (Å²) in [6.07, 6.45) is 1.91. The van der Waals surface area contributed by atoms with Crippen LogP contribution in [0.15, 0.2) is 164 Å². The normalized spacial score (nSPS) is 13.0. The molecular weight excluding hydrogens is 1040 g/mol. The fourth-order valence-electron chi connectivity index (χ4n) is 9.38. The van der Waals surface area contributed by atoms with Crippen molar-refractivity contribution in [2.75, 3.05) is 9.80 Å². The van der Waals surface area contributed by atoms with E-state index in [1.807, 2.05) is 24.4 Å². The van der Waals surface area contributed by atoms with Gasteiger partial charge in [-0.15, -0.1) is 48.1 Å². The summed E-state index contributed by atoms with van der Waals surface area (Å²) in [5.41, 5.74) is 14.5. The number of aromatic nitrogens is 2. The maximum absolute atomic E-state index is 6.76. The number of nitrogens with zero attached hydrogens (tertiary/aromatic N) is 4. The summed E-state index contributed by atoms with van der Waals surface area (Å²) in [5, 5.41) is 2.21. The van der Waals surface area contributed by atoms with Crippen molar-refractivity contribution >= 4 is 44.6 Å². The summed E-state index contributed by atoms with van der Waals surface area (Å²) in [7, 11) is 0. The van der Waals surface area contributed by atoms with Gasteiger partial charge >= 0.3 is 21.1 Å². The van der Waals surface area contributed by atoms with E-state index in [2.05, 4.69) is 249 Å². The van der Waals surface area contributed by atoms with Crippen LogP contribution in [0.3, 0.4) is 0 Å². The predicted octanol–water partition coefficient (Wildman–Crippen LogP) is 17.3. The number of pyridine rings is 1. The van der Waals surface area contributed by atoms with E-state index in [0.717, 1.165) is 55.9 Å². The van der Waals surface area contributed by atoms with Gasteiger partial charge in [0.2, 0.25) is 0 Å². The van der Waals surface area contributed by atoms with Gasteiger partial charge < -0.3 is 26.5 Å². The third-order valence-corrected chi connectivity index (χ3v) is 13.7.